The Kier molecular flexibility index (Phi) is 2.94. The summed E-state index contributed by atoms with van der Waals surface area (Å²) in [5.74, 6) is 0. The van der Waals surface area contributed by atoms with Gasteiger partial charge in [0, 0.05) is 25.8 Å². The molecule has 7 heteroatoms. The van der Waals surface area contributed by atoms with Gasteiger partial charge < -0.3 is 10.2 Å². The fourth-order valence-electron chi connectivity index (χ4n) is 2.43. The molecule has 0 radical (unpaired) electrons. The quantitative estimate of drug-likeness (QED) is 0.795. The summed E-state index contributed by atoms with van der Waals surface area (Å²) in [6.07, 6.45) is -2.77. The Balaban J connectivity index is 2.08. The van der Waals surface area contributed by atoms with E-state index in [1.807, 2.05) is 4.90 Å². The Morgan fingerprint density at radius 2 is 2.16 bits per heavy atom. The van der Waals surface area contributed by atoms with E-state index < -0.39 is 11.7 Å². The Morgan fingerprint density at radius 1 is 1.37 bits per heavy atom. The van der Waals surface area contributed by atoms with Crippen LogP contribution in [0.5, 0.6) is 0 Å². The lowest BCUT2D eigenvalue weighted by Gasteiger charge is -2.39. The highest BCUT2D eigenvalue weighted by molar-refractivity contribution is 6.32. The number of nitrogens with zero attached hydrogens (tertiary/aromatic N) is 2. The molecule has 2 heterocycles. The standard InChI is InChI=1S/C12H11ClF3N3/c13-9-4-11-10(3-8(9)12(14,15)16)18-6-7-5-17-1-2-19(7)11/h3-4,6-7,17H,1-2,5H2/t7-/m1/s1. The summed E-state index contributed by atoms with van der Waals surface area (Å²) in [5.41, 5.74) is 0.167. The number of aliphatic imine (C=N–C) groups is 1. The third-order valence-corrected chi connectivity index (χ3v) is 3.66. The van der Waals surface area contributed by atoms with Gasteiger partial charge in [-0.25, -0.2) is 0 Å². The van der Waals surface area contributed by atoms with Gasteiger partial charge >= 0.3 is 6.18 Å². The predicted octanol–water partition coefficient (Wildman–Crippen LogP) is 2.85. The summed E-state index contributed by atoms with van der Waals surface area (Å²) in [7, 11) is 0. The van der Waals surface area contributed by atoms with E-state index in [0.717, 1.165) is 25.7 Å². The molecule has 1 atom stereocenters. The maximum Gasteiger partial charge on any atom is 0.417 e. The Hall–Kier alpha value is -1.27. The normalized spacial score (nSPS) is 22.1. The number of alkyl halides is 3. The van der Waals surface area contributed by atoms with E-state index >= 15 is 0 Å². The van der Waals surface area contributed by atoms with Gasteiger partial charge in [-0.3, -0.25) is 4.99 Å². The molecule has 3 rings (SSSR count). The van der Waals surface area contributed by atoms with E-state index in [2.05, 4.69) is 10.3 Å². The fraction of sp³-hybridized carbons (Fsp3) is 0.417. The van der Waals surface area contributed by atoms with Crippen molar-refractivity contribution in [1.82, 2.24) is 5.32 Å². The third-order valence-electron chi connectivity index (χ3n) is 3.35. The highest BCUT2D eigenvalue weighted by atomic mass is 35.5. The molecule has 0 unspecified atom stereocenters. The average Bonchev–Trinajstić information content (AvgIpc) is 2.36. The van der Waals surface area contributed by atoms with Crippen molar-refractivity contribution < 1.29 is 13.2 Å². The summed E-state index contributed by atoms with van der Waals surface area (Å²) in [6, 6.07) is 2.47. The molecule has 102 valence electrons. The first-order valence-corrected chi connectivity index (χ1v) is 6.27. The van der Waals surface area contributed by atoms with Crippen LogP contribution in [0.2, 0.25) is 5.02 Å². The zero-order valence-corrected chi connectivity index (χ0v) is 10.6. The average molecular weight is 290 g/mol. The van der Waals surface area contributed by atoms with Gasteiger partial charge in [-0.05, 0) is 12.1 Å². The van der Waals surface area contributed by atoms with Gasteiger partial charge in [-0.1, -0.05) is 11.6 Å². The summed E-state index contributed by atoms with van der Waals surface area (Å²) in [6.45, 7) is 2.26. The number of hydrogen-bond donors (Lipinski definition) is 1. The van der Waals surface area contributed by atoms with Crippen LogP contribution >= 0.6 is 11.6 Å². The molecule has 1 saturated heterocycles. The number of nitrogens with one attached hydrogen (secondary N) is 1. The maximum atomic E-state index is 12.8. The molecule has 1 aromatic carbocycles. The molecular formula is C12H11ClF3N3. The molecule has 1 fully saturated rings. The SMILES string of the molecule is FC(F)(F)c1cc2c(cc1Cl)N1CCNC[C@@H]1C=N2. The lowest BCUT2D eigenvalue weighted by atomic mass is 10.1. The van der Waals surface area contributed by atoms with Crippen LogP contribution < -0.4 is 10.2 Å². The molecule has 1 aromatic rings. The van der Waals surface area contributed by atoms with Crippen LogP contribution in [-0.2, 0) is 6.18 Å². The molecule has 0 aromatic heterocycles. The molecule has 0 aliphatic carbocycles. The second kappa shape index (κ2) is 4.38. The Morgan fingerprint density at radius 3 is 2.89 bits per heavy atom. The topological polar surface area (TPSA) is 27.6 Å². The van der Waals surface area contributed by atoms with E-state index in [0.29, 0.717) is 11.4 Å². The first kappa shape index (κ1) is 12.7. The van der Waals surface area contributed by atoms with Crippen molar-refractivity contribution in [2.24, 2.45) is 4.99 Å². The molecule has 1 N–H and O–H groups in total. The molecule has 19 heavy (non-hydrogen) atoms. The second-order valence-electron chi connectivity index (χ2n) is 4.56. The zero-order chi connectivity index (χ0) is 13.6. The van der Waals surface area contributed by atoms with E-state index in [9.17, 15) is 13.2 Å². The largest absolute Gasteiger partial charge is 0.417 e. The molecule has 0 saturated carbocycles. The van der Waals surface area contributed by atoms with Gasteiger partial charge in [0.15, 0.2) is 0 Å². The number of anilines is 1. The van der Waals surface area contributed by atoms with Crippen LogP contribution in [-0.4, -0.2) is 31.9 Å². The van der Waals surface area contributed by atoms with Crippen molar-refractivity contribution in [2.75, 3.05) is 24.5 Å². The lowest BCUT2D eigenvalue weighted by molar-refractivity contribution is -0.137. The van der Waals surface area contributed by atoms with E-state index in [4.69, 9.17) is 11.6 Å². The van der Waals surface area contributed by atoms with Gasteiger partial charge in [0.1, 0.15) is 0 Å². The second-order valence-corrected chi connectivity index (χ2v) is 4.97. The van der Waals surface area contributed by atoms with E-state index in [1.165, 1.54) is 6.07 Å². The lowest BCUT2D eigenvalue weighted by Crippen LogP contribution is -2.53. The number of piperazine rings is 1. The predicted molar refractivity (Wildman–Crippen MR) is 68.6 cm³/mol. The van der Waals surface area contributed by atoms with Crippen LogP contribution in [0.1, 0.15) is 5.56 Å². The Labute approximate surface area is 113 Å². The smallest absolute Gasteiger partial charge is 0.359 e. The minimum atomic E-state index is -4.46. The van der Waals surface area contributed by atoms with Gasteiger partial charge in [0.2, 0.25) is 0 Å². The fourth-order valence-corrected chi connectivity index (χ4v) is 2.69. The van der Waals surface area contributed by atoms with Gasteiger partial charge in [-0.15, -0.1) is 0 Å². The van der Waals surface area contributed by atoms with Crippen LogP contribution in [0, 0.1) is 0 Å². The molecule has 0 spiro atoms. The maximum absolute atomic E-state index is 12.8. The number of halogens is 4. The van der Waals surface area contributed by atoms with Gasteiger partial charge in [0.25, 0.3) is 0 Å². The molecule has 0 bridgehead atoms. The van der Waals surface area contributed by atoms with Crippen molar-refractivity contribution in [3.8, 4) is 0 Å². The van der Waals surface area contributed by atoms with Crippen LogP contribution in [0.3, 0.4) is 0 Å². The number of benzene rings is 1. The minimum absolute atomic E-state index is 0.0778. The molecule has 0 amide bonds. The van der Waals surface area contributed by atoms with Crippen LogP contribution in [0.25, 0.3) is 0 Å². The van der Waals surface area contributed by atoms with Crippen LogP contribution in [0.4, 0.5) is 24.5 Å². The molecule has 2 aliphatic rings. The number of hydrogen-bond acceptors (Lipinski definition) is 3. The molecular weight excluding hydrogens is 279 g/mol. The molecule has 3 nitrogen and oxygen atoms in total. The van der Waals surface area contributed by atoms with E-state index in [1.54, 1.807) is 6.21 Å². The Bertz CT molecular complexity index is 542. The summed E-state index contributed by atoms with van der Waals surface area (Å²) in [4.78, 5) is 6.16. The monoisotopic (exact) mass is 289 g/mol. The van der Waals surface area contributed by atoms with Crippen molar-refractivity contribution >= 4 is 29.2 Å². The number of fused-ring (bicyclic) bond motifs is 3. The van der Waals surface area contributed by atoms with Crippen molar-refractivity contribution in [3.05, 3.63) is 22.7 Å². The summed E-state index contributed by atoms with van der Waals surface area (Å²) in [5, 5.41) is 2.94. The van der Waals surface area contributed by atoms with Crippen LogP contribution in [0.15, 0.2) is 17.1 Å². The van der Waals surface area contributed by atoms with Crippen molar-refractivity contribution in [3.63, 3.8) is 0 Å². The first-order valence-electron chi connectivity index (χ1n) is 5.89. The summed E-state index contributed by atoms with van der Waals surface area (Å²) < 4.78 is 38.4. The first-order chi connectivity index (χ1) is 8.97. The molecule has 2 aliphatic heterocycles. The van der Waals surface area contributed by atoms with E-state index in [-0.39, 0.29) is 11.1 Å². The van der Waals surface area contributed by atoms with Crippen molar-refractivity contribution in [2.45, 2.75) is 12.2 Å². The van der Waals surface area contributed by atoms with Gasteiger partial charge in [0.05, 0.1) is 28.0 Å². The third kappa shape index (κ3) is 2.19. The highest BCUT2D eigenvalue weighted by Crippen LogP contribution is 2.43. The summed E-state index contributed by atoms with van der Waals surface area (Å²) >= 11 is 5.76. The zero-order valence-electron chi connectivity index (χ0n) is 9.84. The van der Waals surface area contributed by atoms with Crippen molar-refractivity contribution in [1.29, 1.82) is 0 Å². The number of rotatable bonds is 0. The highest BCUT2D eigenvalue weighted by Gasteiger charge is 2.36. The van der Waals surface area contributed by atoms with Gasteiger partial charge in [-0.2, -0.15) is 13.2 Å². The minimum Gasteiger partial charge on any atom is -0.359 e.